The van der Waals surface area contributed by atoms with E-state index in [4.69, 9.17) is 11.5 Å². The zero-order valence-electron chi connectivity index (χ0n) is 10.4. The average molecular weight is 285 g/mol. The third-order valence-corrected chi connectivity index (χ3v) is 4.24. The lowest BCUT2D eigenvalue weighted by Crippen LogP contribution is -2.24. The van der Waals surface area contributed by atoms with Crippen LogP contribution in [0.25, 0.3) is 0 Å². The van der Waals surface area contributed by atoms with Crippen LogP contribution in [0.3, 0.4) is 0 Å². The average Bonchev–Trinajstić information content (AvgIpc) is 2.92. The minimum atomic E-state index is -0.694. The van der Waals surface area contributed by atoms with Crippen molar-refractivity contribution in [2.45, 2.75) is 12.5 Å². The summed E-state index contributed by atoms with van der Waals surface area (Å²) in [6.07, 6.45) is 0.148. The molecule has 19 heavy (non-hydrogen) atoms. The van der Waals surface area contributed by atoms with Gasteiger partial charge in [0.1, 0.15) is 9.88 Å². The second kappa shape index (κ2) is 5.06. The summed E-state index contributed by atoms with van der Waals surface area (Å²) in [6.45, 7) is 0.975. The normalized spacial score (nSPS) is 18.6. The first kappa shape index (κ1) is 13.6. The van der Waals surface area contributed by atoms with Gasteiger partial charge in [-0.1, -0.05) is 0 Å². The number of carbonyl (C=O) groups excluding carboxylic acids is 2. The molecule has 1 aromatic heterocycles. The van der Waals surface area contributed by atoms with E-state index in [1.54, 1.807) is 4.90 Å². The van der Waals surface area contributed by atoms with Crippen LogP contribution in [-0.2, 0) is 4.74 Å². The number of nitrogen functional groups attached to an aromatic ring is 1. The molecule has 1 amide bonds. The summed E-state index contributed by atoms with van der Waals surface area (Å²) in [5.41, 5.74) is 11.3. The van der Waals surface area contributed by atoms with Crippen molar-refractivity contribution in [2.24, 2.45) is 5.73 Å². The largest absolute Gasteiger partial charge is 0.465 e. The van der Waals surface area contributed by atoms with Gasteiger partial charge in [0, 0.05) is 13.1 Å². The van der Waals surface area contributed by atoms with Crippen molar-refractivity contribution in [3.63, 3.8) is 0 Å². The highest BCUT2D eigenvalue weighted by atomic mass is 32.1. The number of aliphatic hydroxyl groups excluding tert-OH is 1. The fraction of sp³-hybridized carbons (Fsp3) is 0.455. The zero-order chi connectivity index (χ0) is 14.2. The van der Waals surface area contributed by atoms with Crippen LogP contribution in [-0.4, -0.2) is 43.3 Å². The number of rotatable bonds is 3. The fourth-order valence-electron chi connectivity index (χ4n) is 2.06. The number of β-amino-alcohol motifs (C(OH)–C–C–N with tert-alkyl or cyclic N) is 1. The molecule has 0 spiro atoms. The van der Waals surface area contributed by atoms with Gasteiger partial charge < -0.3 is 26.2 Å². The molecule has 7 nitrogen and oxygen atoms in total. The third kappa shape index (κ3) is 2.36. The van der Waals surface area contributed by atoms with Crippen LogP contribution in [0.1, 0.15) is 26.5 Å². The van der Waals surface area contributed by atoms with E-state index < -0.39 is 18.0 Å². The molecule has 1 aliphatic heterocycles. The Morgan fingerprint density at radius 2 is 2.21 bits per heavy atom. The number of primary amides is 1. The first-order valence-electron chi connectivity index (χ1n) is 5.69. The Bertz CT molecular complexity index is 528. The van der Waals surface area contributed by atoms with Gasteiger partial charge in [0.05, 0.1) is 24.5 Å². The first-order chi connectivity index (χ1) is 8.95. The minimum Gasteiger partial charge on any atom is -0.465 e. The summed E-state index contributed by atoms with van der Waals surface area (Å²) >= 11 is 1.06. The van der Waals surface area contributed by atoms with E-state index in [9.17, 15) is 14.7 Å². The van der Waals surface area contributed by atoms with Gasteiger partial charge >= 0.3 is 5.97 Å². The van der Waals surface area contributed by atoms with Crippen molar-refractivity contribution >= 4 is 33.9 Å². The molecule has 1 unspecified atom stereocenters. The molecule has 1 saturated heterocycles. The van der Waals surface area contributed by atoms with Crippen LogP contribution in [0.2, 0.25) is 0 Å². The first-order valence-corrected chi connectivity index (χ1v) is 6.50. The number of thiophene rings is 1. The highest BCUT2D eigenvalue weighted by Crippen LogP contribution is 2.39. The number of amides is 1. The monoisotopic (exact) mass is 285 g/mol. The van der Waals surface area contributed by atoms with E-state index in [-0.39, 0.29) is 16.1 Å². The zero-order valence-corrected chi connectivity index (χ0v) is 11.2. The molecule has 1 aliphatic rings. The highest BCUT2D eigenvalue weighted by molar-refractivity contribution is 7.19. The van der Waals surface area contributed by atoms with Crippen molar-refractivity contribution in [2.75, 3.05) is 30.8 Å². The topological polar surface area (TPSA) is 119 Å². The number of ether oxygens (including phenoxy) is 1. The van der Waals surface area contributed by atoms with E-state index in [1.807, 2.05) is 0 Å². The molecule has 1 atom stereocenters. The molecule has 0 aliphatic carbocycles. The molecule has 2 rings (SSSR count). The maximum absolute atomic E-state index is 11.6. The summed E-state index contributed by atoms with van der Waals surface area (Å²) in [5, 5.41) is 10.1. The van der Waals surface area contributed by atoms with Crippen molar-refractivity contribution < 1.29 is 19.4 Å². The molecule has 1 aromatic rings. The molecule has 104 valence electrons. The predicted molar refractivity (Wildman–Crippen MR) is 71.4 cm³/mol. The summed E-state index contributed by atoms with van der Waals surface area (Å²) in [6, 6.07) is 0. The van der Waals surface area contributed by atoms with Crippen LogP contribution >= 0.6 is 11.3 Å². The highest BCUT2D eigenvalue weighted by Gasteiger charge is 2.30. The van der Waals surface area contributed by atoms with Gasteiger partial charge in [0.2, 0.25) is 0 Å². The Hall–Kier alpha value is -1.80. The molecule has 2 heterocycles. The van der Waals surface area contributed by atoms with E-state index >= 15 is 0 Å². The van der Waals surface area contributed by atoms with Gasteiger partial charge in [-0.3, -0.25) is 4.79 Å². The summed E-state index contributed by atoms with van der Waals surface area (Å²) in [7, 11) is 1.24. The Labute approximate surface area is 113 Å². The fourth-order valence-corrected chi connectivity index (χ4v) is 3.24. The van der Waals surface area contributed by atoms with E-state index in [1.165, 1.54) is 7.11 Å². The lowest BCUT2D eigenvalue weighted by molar-refractivity contribution is 0.0607. The number of methoxy groups -OCH3 is 1. The van der Waals surface area contributed by atoms with E-state index in [2.05, 4.69) is 4.74 Å². The summed E-state index contributed by atoms with van der Waals surface area (Å²) in [4.78, 5) is 25.1. The summed E-state index contributed by atoms with van der Waals surface area (Å²) < 4.78 is 4.62. The lowest BCUT2D eigenvalue weighted by Gasteiger charge is -2.16. The molecular formula is C11H15N3O4S. The van der Waals surface area contributed by atoms with Crippen molar-refractivity contribution in [3.8, 4) is 0 Å². The number of anilines is 2. The predicted octanol–water partition coefficient (Wildman–Crippen LogP) is -0.213. The van der Waals surface area contributed by atoms with Gasteiger partial charge in [0.15, 0.2) is 0 Å². The van der Waals surface area contributed by atoms with E-state index in [0.717, 1.165) is 11.3 Å². The van der Waals surface area contributed by atoms with Gasteiger partial charge in [-0.25, -0.2) is 4.79 Å². The number of aliphatic hydroxyl groups is 1. The van der Waals surface area contributed by atoms with Crippen molar-refractivity contribution in [1.82, 2.24) is 0 Å². The SMILES string of the molecule is COC(=O)c1sc(N2CCC(O)C2)c(C(N)=O)c1N. The molecule has 5 N–H and O–H groups in total. The number of hydrogen-bond donors (Lipinski definition) is 3. The van der Waals surface area contributed by atoms with Crippen molar-refractivity contribution in [1.29, 1.82) is 0 Å². The number of nitrogens with two attached hydrogens (primary N) is 2. The Morgan fingerprint density at radius 1 is 1.53 bits per heavy atom. The number of hydrogen-bond acceptors (Lipinski definition) is 7. The Morgan fingerprint density at radius 3 is 2.68 bits per heavy atom. The van der Waals surface area contributed by atoms with Crippen LogP contribution in [0.5, 0.6) is 0 Å². The third-order valence-electron chi connectivity index (χ3n) is 2.99. The second-order valence-electron chi connectivity index (χ2n) is 4.27. The summed E-state index contributed by atoms with van der Waals surface area (Å²) in [5.74, 6) is -1.30. The van der Waals surface area contributed by atoms with Crippen LogP contribution < -0.4 is 16.4 Å². The molecule has 0 saturated carbocycles. The maximum atomic E-state index is 11.6. The smallest absolute Gasteiger partial charge is 0.350 e. The van der Waals surface area contributed by atoms with Gasteiger partial charge in [0.25, 0.3) is 5.91 Å². The molecule has 0 radical (unpaired) electrons. The molecule has 8 heteroatoms. The molecule has 0 bridgehead atoms. The van der Waals surface area contributed by atoms with Gasteiger partial charge in [-0.2, -0.15) is 0 Å². The minimum absolute atomic E-state index is 0.0424. The Balaban J connectivity index is 2.47. The number of carbonyl (C=O) groups is 2. The Kier molecular flexibility index (Phi) is 3.63. The standard InChI is InChI=1S/C11H15N3O4S/c1-18-11(17)8-7(12)6(9(13)16)10(19-8)14-3-2-5(15)4-14/h5,15H,2-4,12H2,1H3,(H2,13,16). The molecule has 0 aromatic carbocycles. The molecular weight excluding hydrogens is 270 g/mol. The number of esters is 1. The van der Waals surface area contributed by atoms with Gasteiger partial charge in [-0.15, -0.1) is 11.3 Å². The quantitative estimate of drug-likeness (QED) is 0.661. The van der Waals surface area contributed by atoms with Gasteiger partial charge in [-0.05, 0) is 6.42 Å². The maximum Gasteiger partial charge on any atom is 0.350 e. The van der Waals surface area contributed by atoms with Crippen LogP contribution in [0.4, 0.5) is 10.7 Å². The van der Waals surface area contributed by atoms with Crippen molar-refractivity contribution in [3.05, 3.63) is 10.4 Å². The van der Waals surface area contributed by atoms with Crippen LogP contribution in [0.15, 0.2) is 0 Å². The lowest BCUT2D eigenvalue weighted by atomic mass is 10.2. The second-order valence-corrected chi connectivity index (χ2v) is 5.27. The number of nitrogens with zero attached hydrogens (tertiary/aromatic N) is 1. The van der Waals surface area contributed by atoms with E-state index in [0.29, 0.717) is 24.5 Å². The molecule has 1 fully saturated rings. The van der Waals surface area contributed by atoms with Crippen LogP contribution in [0, 0.1) is 0 Å².